The predicted octanol–water partition coefficient (Wildman–Crippen LogP) is 3.70. The lowest BCUT2D eigenvalue weighted by molar-refractivity contribution is 0.0936. The van der Waals surface area contributed by atoms with E-state index in [1.54, 1.807) is 0 Å². The molecule has 0 unspecified atom stereocenters. The van der Waals surface area contributed by atoms with Gasteiger partial charge in [0.15, 0.2) is 0 Å². The summed E-state index contributed by atoms with van der Waals surface area (Å²) in [5.41, 5.74) is 1.79. The van der Waals surface area contributed by atoms with Gasteiger partial charge < -0.3 is 10.2 Å². The lowest BCUT2D eigenvalue weighted by atomic mass is 9.89. The molecule has 154 valence electrons. The SMILES string of the molecule is Cn1cc(C(=O)NC2CCCC2)c(CC2CCN(C[C@H]3CC=CCC3)CC2)n1. The second-order valence-electron chi connectivity index (χ2n) is 9.22. The van der Waals surface area contributed by atoms with Crippen LogP contribution in [0.5, 0.6) is 0 Å². The summed E-state index contributed by atoms with van der Waals surface area (Å²) in [7, 11) is 1.93. The number of piperidine rings is 1. The number of aryl methyl sites for hydroxylation is 1. The molecular formula is C23H36N4O. The number of carbonyl (C=O) groups is 1. The van der Waals surface area contributed by atoms with E-state index in [0.717, 1.165) is 36.4 Å². The largest absolute Gasteiger partial charge is 0.349 e. The van der Waals surface area contributed by atoms with Crippen molar-refractivity contribution in [2.24, 2.45) is 18.9 Å². The van der Waals surface area contributed by atoms with Crippen LogP contribution >= 0.6 is 0 Å². The summed E-state index contributed by atoms with van der Waals surface area (Å²) in [5.74, 6) is 1.58. The first kappa shape index (κ1) is 19.7. The Balaban J connectivity index is 1.28. The molecule has 0 aromatic carbocycles. The van der Waals surface area contributed by atoms with Crippen molar-refractivity contribution in [3.63, 3.8) is 0 Å². The fraction of sp³-hybridized carbons (Fsp3) is 0.739. The minimum atomic E-state index is 0.0813. The zero-order chi connectivity index (χ0) is 19.3. The number of hydrogen-bond donors (Lipinski definition) is 1. The third-order valence-corrected chi connectivity index (χ3v) is 6.92. The van der Waals surface area contributed by atoms with Gasteiger partial charge in [-0.2, -0.15) is 5.10 Å². The van der Waals surface area contributed by atoms with E-state index in [1.807, 2.05) is 17.9 Å². The number of aromatic nitrogens is 2. The molecule has 1 atom stereocenters. The maximum Gasteiger partial charge on any atom is 0.254 e. The average molecular weight is 385 g/mol. The number of rotatable bonds is 6. The standard InChI is InChI=1S/C23H36N4O/c1-26-17-21(23(28)24-20-9-5-6-10-20)22(25-26)15-18-11-13-27(14-12-18)16-19-7-3-2-4-8-19/h2-3,17-20H,4-16H2,1H3,(H,24,28)/t19-/m0/s1. The van der Waals surface area contributed by atoms with Crippen LogP contribution in [0.15, 0.2) is 18.3 Å². The Labute approximate surface area is 169 Å². The number of allylic oxidation sites excluding steroid dienone is 2. The molecule has 0 radical (unpaired) electrons. The highest BCUT2D eigenvalue weighted by molar-refractivity contribution is 5.95. The number of nitrogens with zero attached hydrogens (tertiary/aromatic N) is 3. The molecule has 28 heavy (non-hydrogen) atoms. The van der Waals surface area contributed by atoms with Crippen LogP contribution in [0.4, 0.5) is 0 Å². The van der Waals surface area contributed by atoms with Crippen molar-refractivity contribution >= 4 is 5.91 Å². The molecule has 1 saturated carbocycles. The van der Waals surface area contributed by atoms with Crippen LogP contribution in [-0.4, -0.2) is 46.3 Å². The molecule has 1 N–H and O–H groups in total. The van der Waals surface area contributed by atoms with Gasteiger partial charge in [0.25, 0.3) is 5.91 Å². The molecule has 0 spiro atoms. The third-order valence-electron chi connectivity index (χ3n) is 6.92. The zero-order valence-electron chi connectivity index (χ0n) is 17.4. The molecule has 1 amide bonds. The highest BCUT2D eigenvalue weighted by atomic mass is 16.1. The second-order valence-corrected chi connectivity index (χ2v) is 9.22. The number of nitrogens with one attached hydrogen (secondary N) is 1. The Hall–Kier alpha value is -1.62. The molecule has 3 aliphatic rings. The summed E-state index contributed by atoms with van der Waals surface area (Å²) in [6.45, 7) is 3.65. The highest BCUT2D eigenvalue weighted by Crippen LogP contribution is 2.26. The Bertz CT molecular complexity index is 681. The van der Waals surface area contributed by atoms with Crippen LogP contribution in [0, 0.1) is 11.8 Å². The van der Waals surface area contributed by atoms with E-state index in [4.69, 9.17) is 0 Å². The Morgan fingerprint density at radius 3 is 2.61 bits per heavy atom. The van der Waals surface area contributed by atoms with Gasteiger partial charge in [0, 0.05) is 25.8 Å². The molecule has 2 aliphatic carbocycles. The Kier molecular flexibility index (Phi) is 6.50. The van der Waals surface area contributed by atoms with Crippen molar-refractivity contribution in [2.75, 3.05) is 19.6 Å². The smallest absolute Gasteiger partial charge is 0.254 e. The van der Waals surface area contributed by atoms with Crippen molar-refractivity contribution in [2.45, 2.75) is 70.3 Å². The van der Waals surface area contributed by atoms with E-state index < -0.39 is 0 Å². The van der Waals surface area contributed by atoms with Gasteiger partial charge in [-0.3, -0.25) is 9.48 Å². The monoisotopic (exact) mass is 384 g/mol. The van der Waals surface area contributed by atoms with E-state index in [1.165, 1.54) is 64.6 Å². The molecule has 2 heterocycles. The maximum atomic E-state index is 12.8. The van der Waals surface area contributed by atoms with Gasteiger partial charge in [-0.25, -0.2) is 0 Å². The van der Waals surface area contributed by atoms with Crippen LogP contribution in [0.1, 0.15) is 73.8 Å². The number of amides is 1. The molecular weight excluding hydrogens is 348 g/mol. The van der Waals surface area contributed by atoms with Crippen molar-refractivity contribution < 1.29 is 4.79 Å². The zero-order valence-corrected chi connectivity index (χ0v) is 17.4. The lowest BCUT2D eigenvalue weighted by Gasteiger charge is -2.34. The molecule has 2 fully saturated rings. The summed E-state index contributed by atoms with van der Waals surface area (Å²) in [4.78, 5) is 15.4. The molecule has 5 nitrogen and oxygen atoms in total. The fourth-order valence-electron chi connectivity index (χ4n) is 5.24. The lowest BCUT2D eigenvalue weighted by Crippen LogP contribution is -2.38. The topological polar surface area (TPSA) is 50.2 Å². The van der Waals surface area contributed by atoms with Crippen molar-refractivity contribution in [3.05, 3.63) is 29.6 Å². The summed E-state index contributed by atoms with van der Waals surface area (Å²) < 4.78 is 1.81. The normalized spacial score (nSPS) is 24.7. The van der Waals surface area contributed by atoms with Gasteiger partial charge >= 0.3 is 0 Å². The molecule has 5 heteroatoms. The summed E-state index contributed by atoms with van der Waals surface area (Å²) >= 11 is 0. The second kappa shape index (κ2) is 9.25. The predicted molar refractivity (Wildman–Crippen MR) is 112 cm³/mol. The van der Waals surface area contributed by atoms with Gasteiger partial charge in [-0.1, -0.05) is 25.0 Å². The molecule has 1 saturated heterocycles. The van der Waals surface area contributed by atoms with Crippen molar-refractivity contribution in [1.82, 2.24) is 20.0 Å². The first-order valence-corrected chi connectivity index (χ1v) is 11.4. The quantitative estimate of drug-likeness (QED) is 0.761. The van der Waals surface area contributed by atoms with Gasteiger partial charge in [0.05, 0.1) is 11.3 Å². The molecule has 0 bridgehead atoms. The van der Waals surface area contributed by atoms with Crippen LogP contribution in [-0.2, 0) is 13.5 Å². The first-order valence-electron chi connectivity index (χ1n) is 11.4. The molecule has 4 rings (SSSR count). The summed E-state index contributed by atoms with van der Waals surface area (Å²) in [6, 6.07) is 0.360. The number of hydrogen-bond acceptors (Lipinski definition) is 3. The van der Waals surface area contributed by atoms with E-state index >= 15 is 0 Å². The fourth-order valence-corrected chi connectivity index (χ4v) is 5.24. The summed E-state index contributed by atoms with van der Waals surface area (Å²) in [5, 5.41) is 7.88. The van der Waals surface area contributed by atoms with E-state index in [-0.39, 0.29) is 5.91 Å². The van der Waals surface area contributed by atoms with Crippen molar-refractivity contribution in [1.29, 1.82) is 0 Å². The van der Waals surface area contributed by atoms with Crippen LogP contribution in [0.3, 0.4) is 0 Å². The van der Waals surface area contributed by atoms with E-state index in [2.05, 4.69) is 27.5 Å². The van der Waals surface area contributed by atoms with Crippen molar-refractivity contribution in [3.8, 4) is 0 Å². The third kappa shape index (κ3) is 5.05. The van der Waals surface area contributed by atoms with Crippen LogP contribution < -0.4 is 5.32 Å². The van der Waals surface area contributed by atoms with E-state index in [9.17, 15) is 4.79 Å². The Morgan fingerprint density at radius 1 is 1.11 bits per heavy atom. The first-order chi connectivity index (χ1) is 13.7. The Morgan fingerprint density at radius 2 is 1.89 bits per heavy atom. The molecule has 1 aromatic heterocycles. The summed E-state index contributed by atoms with van der Waals surface area (Å²) in [6.07, 6.45) is 18.6. The van der Waals surface area contributed by atoms with Gasteiger partial charge in [0.2, 0.25) is 0 Å². The number of carbonyl (C=O) groups excluding carboxylic acids is 1. The van der Waals surface area contributed by atoms with Gasteiger partial charge in [-0.05, 0) is 76.3 Å². The van der Waals surface area contributed by atoms with Gasteiger partial charge in [-0.15, -0.1) is 0 Å². The van der Waals surface area contributed by atoms with Crippen LogP contribution in [0.2, 0.25) is 0 Å². The van der Waals surface area contributed by atoms with Crippen LogP contribution in [0.25, 0.3) is 0 Å². The minimum Gasteiger partial charge on any atom is -0.349 e. The number of likely N-dealkylation sites (tertiary alicyclic amines) is 1. The highest BCUT2D eigenvalue weighted by Gasteiger charge is 2.26. The molecule has 1 aliphatic heterocycles. The minimum absolute atomic E-state index is 0.0813. The average Bonchev–Trinajstić information content (AvgIpc) is 3.34. The van der Waals surface area contributed by atoms with E-state index in [0.29, 0.717) is 12.0 Å². The van der Waals surface area contributed by atoms with Gasteiger partial charge in [0.1, 0.15) is 0 Å². The molecule has 1 aromatic rings. The maximum absolute atomic E-state index is 12.8.